The van der Waals surface area contributed by atoms with Crippen LogP contribution in [0.4, 0.5) is 5.69 Å². The van der Waals surface area contributed by atoms with Crippen molar-refractivity contribution in [1.82, 2.24) is 10.3 Å². The molecule has 7 nitrogen and oxygen atoms in total. The molecule has 2 heterocycles. The van der Waals surface area contributed by atoms with Gasteiger partial charge < -0.3 is 15.7 Å². The Morgan fingerprint density at radius 1 is 1.03 bits per heavy atom. The molecule has 1 spiro atoms. The Kier molecular flexibility index (Phi) is 8.81. The van der Waals surface area contributed by atoms with Gasteiger partial charge in [-0.2, -0.15) is 0 Å². The molecule has 1 amide bonds. The zero-order chi connectivity index (χ0) is 27.6. The van der Waals surface area contributed by atoms with Crippen molar-refractivity contribution in [3.63, 3.8) is 0 Å². The smallest absolute Gasteiger partial charge is 0.326 e. The van der Waals surface area contributed by atoms with Gasteiger partial charge in [-0.05, 0) is 48.5 Å². The van der Waals surface area contributed by atoms with Crippen molar-refractivity contribution < 1.29 is 19.5 Å². The summed E-state index contributed by atoms with van der Waals surface area (Å²) in [6.45, 7) is 0. The van der Waals surface area contributed by atoms with Gasteiger partial charge in [0.2, 0.25) is 0 Å². The number of pyridine rings is 1. The summed E-state index contributed by atoms with van der Waals surface area (Å²) >= 11 is 15.8. The van der Waals surface area contributed by atoms with Crippen LogP contribution in [-0.4, -0.2) is 49.9 Å². The third kappa shape index (κ3) is 5.82. The molecule has 1 aliphatic heterocycles. The standard InChI is InChI=1S/C28H29Cl2N3O4S2/c29-18-14-31-15-19(30)21(18)25(35)32-17-7-5-16(6-8-17)13-20(26(36)37)33-23-22(27-38-11-4-12-39-27)24(34)28(23)9-2-1-3-10-28/h5-8,14-15,20,27,33H,1-4,9-13H2,(H,32,35)(H,36,37). The number of carbonyl (C=O) groups excluding carboxylic acids is 2. The highest BCUT2D eigenvalue weighted by Crippen LogP contribution is 2.56. The molecule has 2 aromatic rings. The molecule has 5 rings (SSSR count). The normalized spacial score (nSPS) is 19.9. The van der Waals surface area contributed by atoms with Crippen LogP contribution in [0, 0.1) is 5.41 Å². The van der Waals surface area contributed by atoms with Crippen LogP contribution in [0.5, 0.6) is 0 Å². The van der Waals surface area contributed by atoms with Gasteiger partial charge in [-0.3, -0.25) is 14.6 Å². The number of thioether (sulfide) groups is 2. The lowest BCUT2D eigenvalue weighted by Gasteiger charge is -2.49. The van der Waals surface area contributed by atoms with E-state index in [-0.39, 0.29) is 32.4 Å². The van der Waals surface area contributed by atoms with Crippen LogP contribution < -0.4 is 10.6 Å². The topological polar surface area (TPSA) is 108 Å². The quantitative estimate of drug-likeness (QED) is 0.326. The van der Waals surface area contributed by atoms with Crippen molar-refractivity contribution in [2.45, 2.75) is 55.6 Å². The molecule has 0 bridgehead atoms. The number of benzene rings is 1. The van der Waals surface area contributed by atoms with Crippen LogP contribution in [0.2, 0.25) is 10.0 Å². The predicted octanol–water partition coefficient (Wildman–Crippen LogP) is 6.21. The van der Waals surface area contributed by atoms with Crippen molar-refractivity contribution >= 4 is 70.1 Å². The van der Waals surface area contributed by atoms with Crippen molar-refractivity contribution in [3.8, 4) is 0 Å². The lowest BCUT2D eigenvalue weighted by Crippen LogP contribution is -2.56. The summed E-state index contributed by atoms with van der Waals surface area (Å²) in [5.74, 6) is 0.820. The summed E-state index contributed by atoms with van der Waals surface area (Å²) in [5.41, 5.74) is 2.56. The average Bonchev–Trinajstić information content (AvgIpc) is 2.94. The van der Waals surface area contributed by atoms with Gasteiger partial charge in [0.25, 0.3) is 5.91 Å². The first-order chi connectivity index (χ1) is 18.8. The monoisotopic (exact) mass is 605 g/mol. The predicted molar refractivity (Wildman–Crippen MR) is 158 cm³/mol. The number of carbonyl (C=O) groups is 3. The van der Waals surface area contributed by atoms with Crippen LogP contribution in [0.25, 0.3) is 0 Å². The maximum atomic E-state index is 13.5. The Balaban J connectivity index is 1.32. The third-order valence-electron chi connectivity index (χ3n) is 7.55. The highest BCUT2D eigenvalue weighted by atomic mass is 35.5. The molecule has 1 saturated heterocycles. The number of hydrogen-bond acceptors (Lipinski definition) is 7. The highest BCUT2D eigenvalue weighted by molar-refractivity contribution is 8.17. The Hall–Kier alpha value is -2.20. The number of carboxylic acids is 1. The molecule has 2 aliphatic carbocycles. The van der Waals surface area contributed by atoms with E-state index in [0.29, 0.717) is 5.69 Å². The third-order valence-corrected chi connectivity index (χ3v) is 11.1. The molecule has 1 atom stereocenters. The molecule has 1 unspecified atom stereocenters. The fourth-order valence-corrected chi connectivity index (χ4v) is 9.08. The molecule has 0 radical (unpaired) electrons. The zero-order valence-corrected chi connectivity index (χ0v) is 24.3. The number of carboxylic acid groups (broad SMARTS) is 1. The number of rotatable bonds is 8. The Bertz CT molecular complexity index is 1290. The Morgan fingerprint density at radius 3 is 2.28 bits per heavy atom. The highest BCUT2D eigenvalue weighted by Gasteiger charge is 2.56. The summed E-state index contributed by atoms with van der Waals surface area (Å²) in [5, 5.41) is 16.5. The first kappa shape index (κ1) is 28.3. The molecule has 3 N–H and O–H groups in total. The molecule has 3 aliphatic rings. The Labute approximate surface area is 245 Å². The number of allylic oxidation sites excluding steroid dienone is 1. The maximum absolute atomic E-state index is 13.5. The first-order valence-electron chi connectivity index (χ1n) is 13.0. The van der Waals surface area contributed by atoms with Gasteiger partial charge in [0.05, 0.1) is 25.6 Å². The number of hydrogen-bond donors (Lipinski definition) is 3. The fraction of sp³-hybridized carbons (Fsp3) is 0.429. The van der Waals surface area contributed by atoms with Crippen molar-refractivity contribution in [2.75, 3.05) is 16.8 Å². The molecule has 2 fully saturated rings. The number of nitrogens with zero attached hydrogens (tertiary/aromatic N) is 1. The van der Waals surface area contributed by atoms with E-state index in [2.05, 4.69) is 15.6 Å². The average molecular weight is 607 g/mol. The summed E-state index contributed by atoms with van der Waals surface area (Å²) in [6.07, 6.45) is 8.70. The number of aliphatic carboxylic acids is 1. The van der Waals surface area contributed by atoms with Crippen LogP contribution >= 0.6 is 46.7 Å². The number of nitrogens with one attached hydrogen (secondary N) is 2. The minimum atomic E-state index is -0.963. The minimum absolute atomic E-state index is 0.0704. The summed E-state index contributed by atoms with van der Waals surface area (Å²) in [7, 11) is 0. The van der Waals surface area contributed by atoms with Crippen molar-refractivity contribution in [3.05, 3.63) is 69.1 Å². The first-order valence-corrected chi connectivity index (χ1v) is 15.9. The second-order valence-corrected chi connectivity index (χ2v) is 13.6. The number of halogens is 2. The molecule has 1 aromatic carbocycles. The number of aromatic nitrogens is 1. The van der Waals surface area contributed by atoms with E-state index in [1.807, 2.05) is 0 Å². The minimum Gasteiger partial charge on any atom is -0.480 e. The van der Waals surface area contributed by atoms with Gasteiger partial charge in [0.1, 0.15) is 6.04 Å². The number of anilines is 1. The molecule has 11 heteroatoms. The van der Waals surface area contributed by atoms with Crippen LogP contribution in [0.1, 0.15) is 54.4 Å². The van der Waals surface area contributed by atoms with Gasteiger partial charge >= 0.3 is 5.97 Å². The Morgan fingerprint density at radius 2 is 1.67 bits per heavy atom. The molecule has 39 heavy (non-hydrogen) atoms. The molecule has 1 saturated carbocycles. The lowest BCUT2D eigenvalue weighted by atomic mass is 9.59. The number of amides is 1. The molecular weight excluding hydrogens is 577 g/mol. The maximum Gasteiger partial charge on any atom is 0.326 e. The van der Waals surface area contributed by atoms with E-state index in [1.54, 1.807) is 47.8 Å². The van der Waals surface area contributed by atoms with Crippen LogP contribution in [0.15, 0.2) is 47.9 Å². The van der Waals surface area contributed by atoms with Gasteiger partial charge in [-0.15, -0.1) is 23.5 Å². The fourth-order valence-electron chi connectivity index (χ4n) is 5.56. The second-order valence-electron chi connectivity index (χ2n) is 10.1. The summed E-state index contributed by atoms with van der Waals surface area (Å²) in [6, 6.07) is 6.12. The SMILES string of the molecule is O=C(Nc1ccc(CC(NC2=C(C3SCCCS3)C(=O)C23CCCCC3)C(=O)O)cc1)c1c(Cl)cncc1Cl. The summed E-state index contributed by atoms with van der Waals surface area (Å²) < 4.78 is 0.0704. The van der Waals surface area contributed by atoms with E-state index < -0.39 is 23.3 Å². The van der Waals surface area contributed by atoms with E-state index >= 15 is 0 Å². The van der Waals surface area contributed by atoms with E-state index in [4.69, 9.17) is 23.2 Å². The van der Waals surface area contributed by atoms with Crippen LogP contribution in [0.3, 0.4) is 0 Å². The second kappa shape index (κ2) is 12.1. The van der Waals surface area contributed by atoms with E-state index in [9.17, 15) is 19.5 Å². The number of Topliss-reactive ketones (excluding diaryl/α,β-unsaturated/α-hetero) is 1. The van der Waals surface area contributed by atoms with E-state index in [0.717, 1.165) is 66.9 Å². The molecule has 206 valence electrons. The van der Waals surface area contributed by atoms with E-state index in [1.165, 1.54) is 12.4 Å². The van der Waals surface area contributed by atoms with Gasteiger partial charge in [0.15, 0.2) is 5.78 Å². The lowest BCUT2D eigenvalue weighted by molar-refractivity contribution is -0.140. The van der Waals surface area contributed by atoms with Crippen molar-refractivity contribution in [2.24, 2.45) is 5.41 Å². The number of ketones is 1. The van der Waals surface area contributed by atoms with Crippen molar-refractivity contribution in [1.29, 1.82) is 0 Å². The summed E-state index contributed by atoms with van der Waals surface area (Å²) in [4.78, 5) is 42.4. The van der Waals surface area contributed by atoms with Gasteiger partial charge in [0, 0.05) is 35.8 Å². The van der Waals surface area contributed by atoms with Gasteiger partial charge in [-0.1, -0.05) is 54.6 Å². The van der Waals surface area contributed by atoms with Gasteiger partial charge in [-0.25, -0.2) is 4.79 Å². The molecular formula is C28H29Cl2N3O4S2. The zero-order valence-electron chi connectivity index (χ0n) is 21.2. The molecule has 1 aromatic heterocycles. The largest absolute Gasteiger partial charge is 0.480 e. The van der Waals surface area contributed by atoms with Crippen LogP contribution in [-0.2, 0) is 16.0 Å².